The lowest BCUT2D eigenvalue weighted by Gasteiger charge is -1.92. The fourth-order valence-electron chi connectivity index (χ4n) is 1.43. The molecule has 1 aromatic heterocycles. The average molecular weight is 271 g/mol. The molecule has 0 saturated heterocycles. The van der Waals surface area contributed by atoms with E-state index in [4.69, 9.17) is 11.6 Å². The molecule has 0 bridgehead atoms. The standard InChI is InChI=1S/C11H9BrClN/c12-5-1-2-8-7-14-11-6-9(13)3-4-10(8)11/h1-4,6-7,14H,5H2. The van der Waals surface area contributed by atoms with E-state index in [-0.39, 0.29) is 0 Å². The number of hydrogen-bond acceptors (Lipinski definition) is 0. The van der Waals surface area contributed by atoms with Gasteiger partial charge >= 0.3 is 0 Å². The third-order valence-corrected chi connectivity index (χ3v) is 2.67. The van der Waals surface area contributed by atoms with Gasteiger partial charge < -0.3 is 4.98 Å². The lowest BCUT2D eigenvalue weighted by Crippen LogP contribution is -1.69. The van der Waals surface area contributed by atoms with Crippen molar-refractivity contribution >= 4 is 44.5 Å². The summed E-state index contributed by atoms with van der Waals surface area (Å²) in [6.45, 7) is 0. The number of benzene rings is 1. The quantitative estimate of drug-likeness (QED) is 0.786. The van der Waals surface area contributed by atoms with E-state index < -0.39 is 0 Å². The van der Waals surface area contributed by atoms with Crippen molar-refractivity contribution < 1.29 is 0 Å². The van der Waals surface area contributed by atoms with Crippen LogP contribution in [0.4, 0.5) is 0 Å². The van der Waals surface area contributed by atoms with Crippen LogP contribution in [0.2, 0.25) is 5.02 Å². The summed E-state index contributed by atoms with van der Waals surface area (Å²) >= 11 is 9.24. The van der Waals surface area contributed by atoms with Gasteiger partial charge in [0.2, 0.25) is 0 Å². The van der Waals surface area contributed by atoms with Crippen LogP contribution in [-0.2, 0) is 0 Å². The smallest absolute Gasteiger partial charge is 0.0475 e. The number of rotatable bonds is 2. The minimum Gasteiger partial charge on any atom is -0.361 e. The number of halogens is 2. The summed E-state index contributed by atoms with van der Waals surface area (Å²) in [6, 6.07) is 5.87. The second kappa shape index (κ2) is 4.20. The van der Waals surface area contributed by atoms with Gasteiger partial charge in [0, 0.05) is 27.5 Å². The lowest BCUT2D eigenvalue weighted by molar-refractivity contribution is 1.47. The van der Waals surface area contributed by atoms with Gasteiger partial charge in [-0.05, 0) is 17.7 Å². The molecule has 1 nitrogen and oxygen atoms in total. The molecule has 0 radical (unpaired) electrons. The van der Waals surface area contributed by atoms with Crippen LogP contribution in [0.15, 0.2) is 30.5 Å². The third-order valence-electron chi connectivity index (χ3n) is 2.06. The summed E-state index contributed by atoms with van der Waals surface area (Å²) in [4.78, 5) is 3.19. The molecule has 1 N–H and O–H groups in total. The van der Waals surface area contributed by atoms with Crippen LogP contribution in [0, 0.1) is 0 Å². The minimum atomic E-state index is 0.760. The molecule has 0 unspecified atom stereocenters. The Morgan fingerprint density at radius 3 is 3.07 bits per heavy atom. The van der Waals surface area contributed by atoms with Crippen molar-refractivity contribution in [1.29, 1.82) is 0 Å². The second-order valence-corrected chi connectivity index (χ2v) is 4.07. The van der Waals surface area contributed by atoms with Crippen LogP contribution in [0.25, 0.3) is 17.0 Å². The summed E-state index contributed by atoms with van der Waals surface area (Å²) in [5.41, 5.74) is 2.27. The Balaban J connectivity index is 2.53. The first-order valence-corrected chi connectivity index (χ1v) is 5.80. The Labute approximate surface area is 95.9 Å². The van der Waals surface area contributed by atoms with Crippen molar-refractivity contribution in [2.24, 2.45) is 0 Å². The van der Waals surface area contributed by atoms with Crippen LogP contribution in [-0.4, -0.2) is 10.3 Å². The molecular formula is C11H9BrClN. The third kappa shape index (κ3) is 1.86. The zero-order valence-electron chi connectivity index (χ0n) is 7.43. The monoisotopic (exact) mass is 269 g/mol. The summed E-state index contributed by atoms with van der Waals surface area (Å²) < 4.78 is 0. The zero-order chi connectivity index (χ0) is 9.97. The van der Waals surface area contributed by atoms with Crippen LogP contribution < -0.4 is 0 Å². The molecular weight excluding hydrogens is 261 g/mol. The molecule has 0 fully saturated rings. The van der Waals surface area contributed by atoms with Gasteiger partial charge in [0.25, 0.3) is 0 Å². The summed E-state index contributed by atoms with van der Waals surface area (Å²) in [5, 5.41) is 2.83. The normalized spacial score (nSPS) is 11.6. The molecule has 0 amide bonds. The number of fused-ring (bicyclic) bond motifs is 1. The Kier molecular flexibility index (Phi) is 2.94. The molecule has 1 heterocycles. The fourth-order valence-corrected chi connectivity index (χ4v) is 1.79. The molecule has 0 spiro atoms. The molecule has 1 aromatic carbocycles. The highest BCUT2D eigenvalue weighted by Gasteiger charge is 2.00. The van der Waals surface area contributed by atoms with Crippen LogP contribution in [0.1, 0.15) is 5.56 Å². The molecule has 0 saturated carbocycles. The number of hydrogen-bond donors (Lipinski definition) is 1. The van der Waals surface area contributed by atoms with E-state index >= 15 is 0 Å². The van der Waals surface area contributed by atoms with Crippen molar-refractivity contribution in [2.75, 3.05) is 5.33 Å². The topological polar surface area (TPSA) is 15.8 Å². The predicted molar refractivity (Wildman–Crippen MR) is 66.1 cm³/mol. The van der Waals surface area contributed by atoms with Crippen LogP contribution >= 0.6 is 27.5 Å². The largest absolute Gasteiger partial charge is 0.361 e. The first-order chi connectivity index (χ1) is 6.81. The lowest BCUT2D eigenvalue weighted by atomic mass is 10.2. The van der Waals surface area contributed by atoms with Gasteiger partial charge in [0.15, 0.2) is 0 Å². The molecule has 3 heteroatoms. The maximum Gasteiger partial charge on any atom is 0.0475 e. The van der Waals surface area contributed by atoms with E-state index in [1.807, 2.05) is 24.4 Å². The van der Waals surface area contributed by atoms with E-state index in [0.29, 0.717) is 0 Å². The summed E-state index contributed by atoms with van der Waals surface area (Å²) in [7, 11) is 0. The van der Waals surface area contributed by atoms with Gasteiger partial charge in [-0.2, -0.15) is 0 Å². The maximum absolute atomic E-state index is 5.89. The van der Waals surface area contributed by atoms with Crippen molar-refractivity contribution in [2.45, 2.75) is 0 Å². The highest BCUT2D eigenvalue weighted by Crippen LogP contribution is 2.22. The fraction of sp³-hybridized carbons (Fsp3) is 0.0909. The summed E-state index contributed by atoms with van der Waals surface area (Å²) in [5.74, 6) is 0. The number of aromatic nitrogens is 1. The number of nitrogens with one attached hydrogen (secondary N) is 1. The first-order valence-electron chi connectivity index (χ1n) is 4.30. The van der Waals surface area contributed by atoms with Gasteiger partial charge in [-0.25, -0.2) is 0 Å². The van der Waals surface area contributed by atoms with Gasteiger partial charge in [-0.1, -0.05) is 45.7 Å². The number of aromatic amines is 1. The molecule has 0 aliphatic heterocycles. The second-order valence-electron chi connectivity index (χ2n) is 2.99. The van der Waals surface area contributed by atoms with Gasteiger partial charge in [0.1, 0.15) is 0 Å². The molecule has 72 valence electrons. The first kappa shape index (κ1) is 9.81. The molecule has 0 aliphatic rings. The number of alkyl halides is 1. The Bertz CT molecular complexity index is 473. The van der Waals surface area contributed by atoms with Crippen LogP contribution in [0.3, 0.4) is 0 Å². The molecule has 0 aliphatic carbocycles. The highest BCUT2D eigenvalue weighted by atomic mass is 79.9. The van der Waals surface area contributed by atoms with E-state index in [1.165, 1.54) is 10.9 Å². The molecule has 0 atom stereocenters. The van der Waals surface area contributed by atoms with Crippen molar-refractivity contribution in [1.82, 2.24) is 4.98 Å². The zero-order valence-corrected chi connectivity index (χ0v) is 9.77. The van der Waals surface area contributed by atoms with Gasteiger partial charge in [-0.15, -0.1) is 0 Å². The van der Waals surface area contributed by atoms with E-state index in [9.17, 15) is 0 Å². The van der Waals surface area contributed by atoms with E-state index in [2.05, 4.69) is 33.1 Å². The number of allylic oxidation sites excluding steroid dienone is 1. The minimum absolute atomic E-state index is 0.760. The Morgan fingerprint density at radius 2 is 2.29 bits per heavy atom. The van der Waals surface area contributed by atoms with Crippen molar-refractivity contribution in [3.05, 3.63) is 41.1 Å². The molecule has 14 heavy (non-hydrogen) atoms. The van der Waals surface area contributed by atoms with Gasteiger partial charge in [0.05, 0.1) is 0 Å². The van der Waals surface area contributed by atoms with Gasteiger partial charge in [-0.3, -0.25) is 0 Å². The van der Waals surface area contributed by atoms with Crippen molar-refractivity contribution in [3.63, 3.8) is 0 Å². The highest BCUT2D eigenvalue weighted by molar-refractivity contribution is 9.09. The van der Waals surface area contributed by atoms with Crippen molar-refractivity contribution in [3.8, 4) is 0 Å². The van der Waals surface area contributed by atoms with E-state index in [1.54, 1.807) is 0 Å². The Morgan fingerprint density at radius 1 is 1.43 bits per heavy atom. The predicted octanol–water partition coefficient (Wildman–Crippen LogP) is 4.23. The Hall–Kier alpha value is -0.730. The molecule has 2 aromatic rings. The molecule has 2 rings (SSSR count). The average Bonchev–Trinajstić information content (AvgIpc) is 2.57. The number of H-pyrrole nitrogens is 1. The van der Waals surface area contributed by atoms with Crippen LogP contribution in [0.5, 0.6) is 0 Å². The van der Waals surface area contributed by atoms with E-state index in [0.717, 1.165) is 15.9 Å². The SMILES string of the molecule is Clc1ccc2c(C=CCBr)c[nH]c2c1. The maximum atomic E-state index is 5.89. The summed E-state index contributed by atoms with van der Waals surface area (Å²) in [6.07, 6.45) is 6.14.